The Hall–Kier alpha value is -1.29. The van der Waals surface area contributed by atoms with E-state index in [1.54, 1.807) is 14.2 Å². The second kappa shape index (κ2) is 7.21. The third-order valence-electron chi connectivity index (χ3n) is 3.05. The first kappa shape index (κ1) is 14.8. The molecule has 0 spiro atoms. The first-order valence-corrected chi connectivity index (χ1v) is 6.21. The van der Waals surface area contributed by atoms with Gasteiger partial charge in [-0.1, -0.05) is 6.92 Å². The molecular weight excluding hydrogens is 233 g/mol. The van der Waals surface area contributed by atoms with Crippen LogP contribution in [0.4, 0.5) is 4.39 Å². The van der Waals surface area contributed by atoms with E-state index in [2.05, 4.69) is 0 Å². The summed E-state index contributed by atoms with van der Waals surface area (Å²) in [5.41, 5.74) is 7.79. The molecular formula is C14H22FNO2. The fraction of sp³-hybridized carbons (Fsp3) is 0.571. The summed E-state index contributed by atoms with van der Waals surface area (Å²) in [6.07, 6.45) is 1.96. The summed E-state index contributed by atoms with van der Waals surface area (Å²) >= 11 is 0. The molecule has 0 amide bonds. The lowest BCUT2D eigenvalue weighted by atomic mass is 10.00. The molecule has 0 aliphatic heterocycles. The fourth-order valence-electron chi connectivity index (χ4n) is 1.91. The van der Waals surface area contributed by atoms with Crippen LogP contribution in [0.3, 0.4) is 0 Å². The van der Waals surface area contributed by atoms with Crippen LogP contribution in [0, 0.1) is 0 Å². The van der Waals surface area contributed by atoms with E-state index in [4.69, 9.17) is 15.2 Å². The molecule has 0 aromatic heterocycles. The van der Waals surface area contributed by atoms with Gasteiger partial charge in [0.15, 0.2) is 0 Å². The molecule has 1 aromatic carbocycles. The maximum absolute atomic E-state index is 12.5. The Labute approximate surface area is 108 Å². The maximum Gasteiger partial charge on any atom is 0.122 e. The number of ether oxygens (including phenoxy) is 2. The van der Waals surface area contributed by atoms with Gasteiger partial charge in [0.25, 0.3) is 0 Å². The van der Waals surface area contributed by atoms with Gasteiger partial charge in [0.05, 0.1) is 20.9 Å². The van der Waals surface area contributed by atoms with E-state index in [1.807, 2.05) is 19.1 Å². The average molecular weight is 255 g/mol. The van der Waals surface area contributed by atoms with Crippen molar-refractivity contribution in [1.29, 1.82) is 0 Å². The molecule has 0 aliphatic carbocycles. The quantitative estimate of drug-likeness (QED) is 0.814. The summed E-state index contributed by atoms with van der Waals surface area (Å²) in [7, 11) is 3.20. The monoisotopic (exact) mass is 255 g/mol. The maximum atomic E-state index is 12.5. The number of hydrogen-bond acceptors (Lipinski definition) is 3. The van der Waals surface area contributed by atoms with Gasteiger partial charge in [-0.25, -0.2) is 0 Å². The van der Waals surface area contributed by atoms with Gasteiger partial charge in [-0.15, -0.1) is 0 Å². The normalized spacial score (nSPS) is 12.3. The van der Waals surface area contributed by atoms with Crippen molar-refractivity contribution in [2.24, 2.45) is 5.73 Å². The molecule has 3 nitrogen and oxygen atoms in total. The number of nitrogens with two attached hydrogens (primary N) is 1. The van der Waals surface area contributed by atoms with Crippen molar-refractivity contribution in [3.8, 4) is 11.5 Å². The van der Waals surface area contributed by atoms with Gasteiger partial charge in [-0.3, -0.25) is 4.39 Å². The summed E-state index contributed by atoms with van der Waals surface area (Å²) < 4.78 is 23.1. The van der Waals surface area contributed by atoms with E-state index in [1.165, 1.54) is 0 Å². The van der Waals surface area contributed by atoms with E-state index in [-0.39, 0.29) is 6.04 Å². The van der Waals surface area contributed by atoms with Crippen LogP contribution in [0.25, 0.3) is 0 Å². The van der Waals surface area contributed by atoms with E-state index in [0.717, 1.165) is 29.7 Å². The minimum atomic E-state index is -0.409. The molecule has 4 heteroatoms. The lowest BCUT2D eigenvalue weighted by molar-refractivity contribution is 0.390. The molecule has 1 aromatic rings. The van der Waals surface area contributed by atoms with Crippen LogP contribution in [-0.4, -0.2) is 26.9 Å². The van der Waals surface area contributed by atoms with Crippen molar-refractivity contribution in [3.63, 3.8) is 0 Å². The molecule has 2 N–H and O–H groups in total. The van der Waals surface area contributed by atoms with Gasteiger partial charge in [0.2, 0.25) is 0 Å². The second-order valence-electron chi connectivity index (χ2n) is 4.29. The average Bonchev–Trinajstić information content (AvgIpc) is 2.39. The number of methoxy groups -OCH3 is 2. The van der Waals surface area contributed by atoms with E-state index < -0.39 is 6.67 Å². The van der Waals surface area contributed by atoms with Gasteiger partial charge < -0.3 is 15.2 Å². The fourth-order valence-corrected chi connectivity index (χ4v) is 1.91. The van der Waals surface area contributed by atoms with Crippen molar-refractivity contribution in [3.05, 3.63) is 23.3 Å². The number of rotatable bonds is 7. The third-order valence-corrected chi connectivity index (χ3v) is 3.05. The molecule has 0 saturated heterocycles. The lowest BCUT2D eigenvalue weighted by Gasteiger charge is -2.16. The number of aryl methyl sites for hydroxylation is 1. The van der Waals surface area contributed by atoms with Crippen LogP contribution in [0.15, 0.2) is 12.1 Å². The van der Waals surface area contributed by atoms with Crippen molar-refractivity contribution < 1.29 is 13.9 Å². The first-order chi connectivity index (χ1) is 8.65. The van der Waals surface area contributed by atoms with Crippen LogP contribution in [-0.2, 0) is 12.8 Å². The Bertz CT molecular complexity index is 382. The molecule has 1 rings (SSSR count). The Kier molecular flexibility index (Phi) is 5.92. The van der Waals surface area contributed by atoms with Gasteiger partial charge in [-0.05, 0) is 30.5 Å². The molecule has 18 heavy (non-hydrogen) atoms. The molecule has 1 unspecified atom stereocenters. The Morgan fingerprint density at radius 2 is 1.72 bits per heavy atom. The number of halogens is 1. The van der Waals surface area contributed by atoms with Gasteiger partial charge in [0, 0.05) is 18.0 Å². The van der Waals surface area contributed by atoms with Crippen LogP contribution in [0.5, 0.6) is 11.5 Å². The summed E-state index contributed by atoms with van der Waals surface area (Å²) in [6.45, 7) is 1.64. The topological polar surface area (TPSA) is 44.5 Å². The molecule has 0 heterocycles. The van der Waals surface area contributed by atoms with Crippen molar-refractivity contribution in [1.82, 2.24) is 0 Å². The molecule has 102 valence electrons. The van der Waals surface area contributed by atoms with Crippen LogP contribution >= 0.6 is 0 Å². The molecule has 0 bridgehead atoms. The molecule has 0 aliphatic rings. The molecule has 0 radical (unpaired) electrons. The molecule has 0 fully saturated rings. The molecule has 1 atom stereocenters. The largest absolute Gasteiger partial charge is 0.496 e. The predicted molar refractivity (Wildman–Crippen MR) is 71.2 cm³/mol. The zero-order valence-corrected chi connectivity index (χ0v) is 11.3. The second-order valence-corrected chi connectivity index (χ2v) is 4.29. The highest BCUT2D eigenvalue weighted by molar-refractivity contribution is 5.47. The van der Waals surface area contributed by atoms with Crippen LogP contribution in [0.1, 0.15) is 24.5 Å². The Balaban J connectivity index is 3.09. The van der Waals surface area contributed by atoms with E-state index in [0.29, 0.717) is 12.2 Å². The number of hydrogen-bond donors (Lipinski definition) is 1. The zero-order chi connectivity index (χ0) is 13.5. The van der Waals surface area contributed by atoms with Gasteiger partial charge in [0.1, 0.15) is 11.5 Å². The Morgan fingerprint density at radius 3 is 2.22 bits per heavy atom. The van der Waals surface area contributed by atoms with Crippen LogP contribution in [0.2, 0.25) is 0 Å². The minimum Gasteiger partial charge on any atom is -0.496 e. The minimum absolute atomic E-state index is 0.0932. The summed E-state index contributed by atoms with van der Waals surface area (Å²) in [6, 6.07) is 3.84. The van der Waals surface area contributed by atoms with E-state index >= 15 is 0 Å². The zero-order valence-electron chi connectivity index (χ0n) is 11.3. The molecule has 0 saturated carbocycles. The lowest BCUT2D eigenvalue weighted by Crippen LogP contribution is -2.21. The highest BCUT2D eigenvalue weighted by Gasteiger charge is 2.13. The highest BCUT2D eigenvalue weighted by atomic mass is 19.1. The summed E-state index contributed by atoms with van der Waals surface area (Å²) in [4.78, 5) is 0. The first-order valence-electron chi connectivity index (χ1n) is 6.21. The SMILES string of the molecule is CCC(N)Cc1cc(OC)c(CCF)cc1OC. The van der Waals surface area contributed by atoms with Gasteiger partial charge >= 0.3 is 0 Å². The van der Waals surface area contributed by atoms with Crippen LogP contribution < -0.4 is 15.2 Å². The van der Waals surface area contributed by atoms with Crippen molar-refractivity contribution in [2.45, 2.75) is 32.2 Å². The summed E-state index contributed by atoms with van der Waals surface area (Å²) in [5, 5.41) is 0. The van der Waals surface area contributed by atoms with E-state index in [9.17, 15) is 4.39 Å². The number of alkyl halides is 1. The van der Waals surface area contributed by atoms with Crippen molar-refractivity contribution in [2.75, 3.05) is 20.9 Å². The standard InChI is InChI=1S/C14H22FNO2/c1-4-12(16)7-11-9-13(17-2)10(5-6-15)8-14(11)18-3/h8-9,12H,4-7,16H2,1-3H3. The Morgan fingerprint density at radius 1 is 1.17 bits per heavy atom. The summed E-state index contributed by atoms with van der Waals surface area (Å²) in [5.74, 6) is 1.45. The van der Waals surface area contributed by atoms with Crippen molar-refractivity contribution >= 4 is 0 Å². The third kappa shape index (κ3) is 3.60. The highest BCUT2D eigenvalue weighted by Crippen LogP contribution is 2.30. The van der Waals surface area contributed by atoms with Gasteiger partial charge in [-0.2, -0.15) is 0 Å². The number of benzene rings is 1. The smallest absolute Gasteiger partial charge is 0.122 e. The predicted octanol–water partition coefficient (Wildman–Crippen LogP) is 2.50.